The van der Waals surface area contributed by atoms with Gasteiger partial charge in [-0.25, -0.2) is 0 Å². The minimum absolute atomic E-state index is 0.233. The molecule has 1 aliphatic heterocycles. The van der Waals surface area contributed by atoms with Gasteiger partial charge in [0.05, 0.1) is 6.54 Å². The molecule has 2 aliphatic rings. The third-order valence-corrected chi connectivity index (χ3v) is 5.69. The molecular weight excluding hydrogens is 300 g/mol. The van der Waals surface area contributed by atoms with Crippen LogP contribution in [0, 0.1) is 5.92 Å². The van der Waals surface area contributed by atoms with Gasteiger partial charge in [-0.15, -0.1) is 0 Å². The van der Waals surface area contributed by atoms with Crippen LogP contribution in [0.1, 0.15) is 44.2 Å². The highest BCUT2D eigenvalue weighted by Crippen LogP contribution is 2.27. The highest BCUT2D eigenvalue weighted by atomic mass is 16.2. The lowest BCUT2D eigenvalue weighted by Crippen LogP contribution is -2.51. The molecule has 1 N–H and O–H groups in total. The van der Waals surface area contributed by atoms with E-state index in [0.717, 1.165) is 38.4 Å². The molecule has 132 valence electrons. The Morgan fingerprint density at radius 3 is 2.88 bits per heavy atom. The molecule has 1 unspecified atom stereocenters. The Morgan fingerprint density at radius 1 is 1.38 bits per heavy atom. The summed E-state index contributed by atoms with van der Waals surface area (Å²) in [6.07, 6.45) is 8.50. The molecule has 1 atom stereocenters. The van der Waals surface area contributed by atoms with Crippen LogP contribution in [0.2, 0.25) is 0 Å². The van der Waals surface area contributed by atoms with Crippen LogP contribution in [0.4, 0.5) is 0 Å². The van der Waals surface area contributed by atoms with Gasteiger partial charge in [-0.05, 0) is 43.2 Å². The summed E-state index contributed by atoms with van der Waals surface area (Å²) in [4.78, 5) is 21.4. The topological polar surface area (TPSA) is 48.5 Å². The summed E-state index contributed by atoms with van der Waals surface area (Å²) in [5.74, 6) is 1.07. The Bertz CT molecular complexity index is 527. The monoisotopic (exact) mass is 330 g/mol. The molecule has 3 rings (SSSR count). The molecule has 2 fully saturated rings. The van der Waals surface area contributed by atoms with Gasteiger partial charge in [0, 0.05) is 51.2 Å². The van der Waals surface area contributed by atoms with Gasteiger partial charge in [0.2, 0.25) is 5.91 Å². The van der Waals surface area contributed by atoms with E-state index in [0.29, 0.717) is 12.6 Å². The quantitative estimate of drug-likeness (QED) is 0.918. The number of nitrogens with zero attached hydrogens (tertiary/aromatic N) is 3. The average molecular weight is 330 g/mol. The number of piperazine rings is 1. The smallest absolute Gasteiger partial charge is 0.236 e. The predicted molar refractivity (Wildman–Crippen MR) is 95.6 cm³/mol. The van der Waals surface area contributed by atoms with Crippen LogP contribution in [0.15, 0.2) is 24.5 Å². The second-order valence-electron chi connectivity index (χ2n) is 7.40. The minimum Gasteiger partial charge on any atom is -0.342 e. The second-order valence-corrected chi connectivity index (χ2v) is 7.40. The molecule has 2 heterocycles. The van der Waals surface area contributed by atoms with Crippen molar-refractivity contribution in [3.8, 4) is 0 Å². The Labute approximate surface area is 145 Å². The van der Waals surface area contributed by atoms with E-state index in [1.54, 1.807) is 6.20 Å². The first-order valence-corrected chi connectivity index (χ1v) is 9.25. The summed E-state index contributed by atoms with van der Waals surface area (Å²) in [5, 5.41) is 3.44. The lowest BCUT2D eigenvalue weighted by molar-refractivity contribution is -0.134. The number of hydrogen-bond acceptors (Lipinski definition) is 4. The standard InChI is InChI=1S/C19H30N4O/c1-15-5-7-17(8-6-15)22(2)19(24)14-23-11-10-21-13-18(23)16-4-3-9-20-12-16/h3-4,9,12,15,17-18,21H,5-8,10-11,13-14H2,1-2H3. The van der Waals surface area contributed by atoms with Crippen molar-refractivity contribution in [2.75, 3.05) is 33.2 Å². The van der Waals surface area contributed by atoms with Crippen LogP contribution in [-0.2, 0) is 4.79 Å². The second kappa shape index (κ2) is 8.08. The highest BCUT2D eigenvalue weighted by Gasteiger charge is 2.29. The maximum Gasteiger partial charge on any atom is 0.236 e. The van der Waals surface area contributed by atoms with Crippen LogP contribution in [0.5, 0.6) is 0 Å². The average Bonchev–Trinajstić information content (AvgIpc) is 2.63. The van der Waals surface area contributed by atoms with Crippen LogP contribution in [-0.4, -0.2) is 60.0 Å². The van der Waals surface area contributed by atoms with Gasteiger partial charge in [0.1, 0.15) is 0 Å². The number of carbonyl (C=O) groups excluding carboxylic acids is 1. The number of amides is 1. The molecule has 1 saturated heterocycles. The maximum atomic E-state index is 12.8. The van der Waals surface area contributed by atoms with Crippen molar-refractivity contribution in [2.45, 2.75) is 44.7 Å². The van der Waals surface area contributed by atoms with E-state index >= 15 is 0 Å². The molecule has 24 heavy (non-hydrogen) atoms. The Morgan fingerprint density at radius 2 is 2.17 bits per heavy atom. The first kappa shape index (κ1) is 17.4. The lowest BCUT2D eigenvalue weighted by atomic mass is 9.87. The molecule has 1 saturated carbocycles. The number of carbonyl (C=O) groups is 1. The zero-order chi connectivity index (χ0) is 16.9. The molecule has 1 aromatic heterocycles. The Hall–Kier alpha value is -1.46. The molecule has 5 nitrogen and oxygen atoms in total. The molecule has 0 spiro atoms. The van der Waals surface area contributed by atoms with E-state index in [-0.39, 0.29) is 11.9 Å². The van der Waals surface area contributed by atoms with Gasteiger partial charge in [-0.2, -0.15) is 0 Å². The van der Waals surface area contributed by atoms with Crippen LogP contribution >= 0.6 is 0 Å². The van der Waals surface area contributed by atoms with E-state index in [9.17, 15) is 4.79 Å². The minimum atomic E-state index is 0.233. The van der Waals surface area contributed by atoms with Gasteiger partial charge < -0.3 is 10.2 Å². The third kappa shape index (κ3) is 4.14. The maximum absolute atomic E-state index is 12.8. The molecule has 0 bridgehead atoms. The number of rotatable bonds is 4. The summed E-state index contributed by atoms with van der Waals surface area (Å²) in [6.45, 7) is 5.54. The van der Waals surface area contributed by atoms with Gasteiger partial charge in [-0.1, -0.05) is 13.0 Å². The van der Waals surface area contributed by atoms with Crippen molar-refractivity contribution in [2.24, 2.45) is 5.92 Å². The third-order valence-electron chi connectivity index (χ3n) is 5.69. The first-order valence-electron chi connectivity index (χ1n) is 9.25. The number of pyridine rings is 1. The zero-order valence-electron chi connectivity index (χ0n) is 14.9. The summed E-state index contributed by atoms with van der Waals surface area (Å²) in [7, 11) is 1.99. The largest absolute Gasteiger partial charge is 0.342 e. The summed E-state index contributed by atoms with van der Waals surface area (Å²) >= 11 is 0. The summed E-state index contributed by atoms with van der Waals surface area (Å²) in [5.41, 5.74) is 1.19. The molecular formula is C19H30N4O. The summed E-state index contributed by atoms with van der Waals surface area (Å²) in [6, 6.07) is 4.73. The fourth-order valence-corrected chi connectivity index (χ4v) is 3.96. The van der Waals surface area contributed by atoms with Crippen molar-refractivity contribution >= 4 is 5.91 Å². The molecule has 1 aliphatic carbocycles. The van der Waals surface area contributed by atoms with E-state index < -0.39 is 0 Å². The molecule has 1 amide bonds. The fraction of sp³-hybridized carbons (Fsp3) is 0.684. The van der Waals surface area contributed by atoms with Crippen LogP contribution in [0.3, 0.4) is 0 Å². The first-order chi connectivity index (χ1) is 11.6. The lowest BCUT2D eigenvalue weighted by Gasteiger charge is -2.39. The van der Waals surface area contributed by atoms with Gasteiger partial charge >= 0.3 is 0 Å². The normalized spacial score (nSPS) is 28.5. The van der Waals surface area contributed by atoms with Crippen molar-refractivity contribution in [3.63, 3.8) is 0 Å². The molecule has 0 radical (unpaired) electrons. The molecule has 5 heteroatoms. The molecule has 0 aromatic carbocycles. The van der Waals surface area contributed by atoms with Gasteiger partial charge in [-0.3, -0.25) is 14.7 Å². The van der Waals surface area contributed by atoms with E-state index in [1.165, 1.54) is 18.4 Å². The summed E-state index contributed by atoms with van der Waals surface area (Å²) < 4.78 is 0. The Kier molecular flexibility index (Phi) is 5.85. The van der Waals surface area contributed by atoms with Crippen molar-refractivity contribution in [1.82, 2.24) is 20.1 Å². The van der Waals surface area contributed by atoms with Gasteiger partial charge in [0.15, 0.2) is 0 Å². The number of hydrogen-bond donors (Lipinski definition) is 1. The predicted octanol–water partition coefficient (Wildman–Crippen LogP) is 2.06. The van der Waals surface area contributed by atoms with Crippen LogP contribution < -0.4 is 5.32 Å². The van der Waals surface area contributed by atoms with Crippen LogP contribution in [0.25, 0.3) is 0 Å². The molecule has 1 aromatic rings. The van der Waals surface area contributed by atoms with E-state index in [4.69, 9.17) is 0 Å². The van der Waals surface area contributed by atoms with E-state index in [2.05, 4.69) is 28.2 Å². The van der Waals surface area contributed by atoms with Crippen molar-refractivity contribution in [3.05, 3.63) is 30.1 Å². The zero-order valence-corrected chi connectivity index (χ0v) is 14.9. The number of likely N-dealkylation sites (N-methyl/N-ethyl adjacent to an activating group) is 1. The number of nitrogens with one attached hydrogen (secondary N) is 1. The SMILES string of the molecule is CC1CCC(N(C)C(=O)CN2CCNCC2c2cccnc2)CC1. The number of aromatic nitrogens is 1. The van der Waals surface area contributed by atoms with Crippen molar-refractivity contribution < 1.29 is 4.79 Å². The van der Waals surface area contributed by atoms with Crippen molar-refractivity contribution in [1.29, 1.82) is 0 Å². The highest BCUT2D eigenvalue weighted by molar-refractivity contribution is 5.78. The van der Waals surface area contributed by atoms with E-state index in [1.807, 2.05) is 24.2 Å². The van der Waals surface area contributed by atoms with Gasteiger partial charge in [0.25, 0.3) is 0 Å². The fourth-order valence-electron chi connectivity index (χ4n) is 3.96. The Balaban J connectivity index is 1.61.